The minimum absolute atomic E-state index is 0.349. The number of hydrogen-bond acceptors (Lipinski definition) is 4. The van der Waals surface area contributed by atoms with Crippen LogP contribution in [0.4, 0.5) is 11.6 Å². The molecule has 0 spiro atoms. The fraction of sp³-hybridized carbons (Fsp3) is 0.714. The van der Waals surface area contributed by atoms with Crippen molar-refractivity contribution in [1.82, 2.24) is 9.97 Å². The Morgan fingerprint density at radius 3 is 2.50 bits per heavy atom. The maximum absolute atomic E-state index is 4.68. The van der Waals surface area contributed by atoms with Crippen molar-refractivity contribution in [2.24, 2.45) is 0 Å². The zero-order valence-corrected chi connectivity index (χ0v) is 12.3. The maximum atomic E-state index is 4.68. The predicted octanol–water partition coefficient (Wildman–Crippen LogP) is 3.27. The third-order valence-electron chi connectivity index (χ3n) is 2.99. The van der Waals surface area contributed by atoms with Gasteiger partial charge in [0.1, 0.15) is 17.5 Å². The average molecular weight is 250 g/mol. The molecular formula is C14H26N4. The summed E-state index contributed by atoms with van der Waals surface area (Å²) in [6, 6.07) is 2.03. The first kappa shape index (κ1) is 14.7. The topological polar surface area (TPSA) is 41.0 Å². The summed E-state index contributed by atoms with van der Waals surface area (Å²) in [6.07, 6.45) is 2.40. The molecule has 1 rings (SSSR count). The number of nitrogens with one attached hydrogen (secondary N) is 1. The highest BCUT2D eigenvalue weighted by Crippen LogP contribution is 2.20. The average Bonchev–Trinajstić information content (AvgIpc) is 2.39. The third-order valence-corrected chi connectivity index (χ3v) is 2.99. The Kier molecular flexibility index (Phi) is 5.89. The van der Waals surface area contributed by atoms with E-state index in [-0.39, 0.29) is 0 Å². The van der Waals surface area contributed by atoms with E-state index in [1.807, 2.05) is 13.1 Å². The monoisotopic (exact) mass is 250 g/mol. The fourth-order valence-electron chi connectivity index (χ4n) is 1.78. The van der Waals surface area contributed by atoms with Crippen LogP contribution >= 0.6 is 0 Å². The molecule has 1 aromatic rings. The minimum Gasteiger partial charge on any atom is -0.373 e. The van der Waals surface area contributed by atoms with E-state index in [0.717, 1.165) is 30.5 Å². The van der Waals surface area contributed by atoms with Crippen LogP contribution in [0.25, 0.3) is 0 Å². The first-order valence-electron chi connectivity index (χ1n) is 6.94. The van der Waals surface area contributed by atoms with E-state index in [4.69, 9.17) is 0 Å². The van der Waals surface area contributed by atoms with Crippen LogP contribution in [0.3, 0.4) is 0 Å². The van der Waals surface area contributed by atoms with Crippen LogP contribution in [0.2, 0.25) is 0 Å². The normalized spacial score (nSPS) is 10.8. The quantitative estimate of drug-likeness (QED) is 0.806. The summed E-state index contributed by atoms with van der Waals surface area (Å²) in [5.74, 6) is 3.20. The summed E-state index contributed by atoms with van der Waals surface area (Å²) in [5, 5.41) is 3.12. The van der Waals surface area contributed by atoms with Gasteiger partial charge in [-0.3, -0.25) is 0 Å². The van der Waals surface area contributed by atoms with E-state index >= 15 is 0 Å². The molecule has 4 heteroatoms. The standard InChI is InChI=1S/C14H26N4/c1-6-8-9-18(7-2)13-10-12(15-5)16-14(17-13)11(3)4/h10-11H,6-9H2,1-5H3,(H,15,16,17). The van der Waals surface area contributed by atoms with Gasteiger partial charge in [0, 0.05) is 32.1 Å². The maximum Gasteiger partial charge on any atom is 0.135 e. The Hall–Kier alpha value is -1.32. The van der Waals surface area contributed by atoms with E-state index < -0.39 is 0 Å². The van der Waals surface area contributed by atoms with Crippen LogP contribution in [0.1, 0.15) is 52.3 Å². The Bertz CT molecular complexity index is 363. The van der Waals surface area contributed by atoms with Crippen molar-refractivity contribution in [2.75, 3.05) is 30.4 Å². The molecule has 102 valence electrons. The minimum atomic E-state index is 0.349. The molecule has 1 aromatic heterocycles. The lowest BCUT2D eigenvalue weighted by molar-refractivity contribution is 0.709. The van der Waals surface area contributed by atoms with E-state index in [2.05, 4.69) is 47.9 Å². The molecule has 0 aliphatic rings. The van der Waals surface area contributed by atoms with Crippen LogP contribution in [-0.2, 0) is 0 Å². The van der Waals surface area contributed by atoms with Crippen molar-refractivity contribution in [3.8, 4) is 0 Å². The van der Waals surface area contributed by atoms with Crippen molar-refractivity contribution in [3.63, 3.8) is 0 Å². The summed E-state index contributed by atoms with van der Waals surface area (Å²) in [4.78, 5) is 11.5. The third kappa shape index (κ3) is 3.86. The fourth-order valence-corrected chi connectivity index (χ4v) is 1.78. The van der Waals surface area contributed by atoms with Crippen molar-refractivity contribution < 1.29 is 0 Å². The molecule has 0 fully saturated rings. The van der Waals surface area contributed by atoms with Gasteiger partial charge in [-0.25, -0.2) is 9.97 Å². The smallest absolute Gasteiger partial charge is 0.135 e. The van der Waals surface area contributed by atoms with Crippen LogP contribution in [-0.4, -0.2) is 30.1 Å². The van der Waals surface area contributed by atoms with Gasteiger partial charge in [-0.05, 0) is 13.3 Å². The Labute approximate surface area is 111 Å². The summed E-state index contributed by atoms with van der Waals surface area (Å²) < 4.78 is 0. The van der Waals surface area contributed by atoms with Gasteiger partial charge >= 0.3 is 0 Å². The summed E-state index contributed by atoms with van der Waals surface area (Å²) in [6.45, 7) is 10.7. The molecule has 0 aromatic carbocycles. The van der Waals surface area contributed by atoms with E-state index in [1.165, 1.54) is 12.8 Å². The van der Waals surface area contributed by atoms with Crippen LogP contribution < -0.4 is 10.2 Å². The van der Waals surface area contributed by atoms with Gasteiger partial charge in [0.2, 0.25) is 0 Å². The highest BCUT2D eigenvalue weighted by molar-refractivity contribution is 5.49. The molecule has 0 amide bonds. The molecule has 0 saturated carbocycles. The second-order valence-electron chi connectivity index (χ2n) is 4.81. The molecule has 0 aliphatic heterocycles. The van der Waals surface area contributed by atoms with Crippen molar-refractivity contribution >= 4 is 11.6 Å². The lowest BCUT2D eigenvalue weighted by Crippen LogP contribution is -2.25. The van der Waals surface area contributed by atoms with Gasteiger partial charge in [-0.2, -0.15) is 0 Å². The Morgan fingerprint density at radius 2 is 2.00 bits per heavy atom. The summed E-state index contributed by atoms with van der Waals surface area (Å²) in [7, 11) is 1.90. The second kappa shape index (κ2) is 7.19. The Balaban J connectivity index is 3.00. The van der Waals surface area contributed by atoms with E-state index in [1.54, 1.807) is 0 Å². The Morgan fingerprint density at radius 1 is 1.28 bits per heavy atom. The number of aromatic nitrogens is 2. The number of rotatable bonds is 7. The molecule has 4 nitrogen and oxygen atoms in total. The van der Waals surface area contributed by atoms with Gasteiger partial charge in [0.25, 0.3) is 0 Å². The van der Waals surface area contributed by atoms with Crippen molar-refractivity contribution in [1.29, 1.82) is 0 Å². The van der Waals surface area contributed by atoms with Gasteiger partial charge in [0.05, 0.1) is 0 Å². The van der Waals surface area contributed by atoms with E-state index in [0.29, 0.717) is 5.92 Å². The zero-order chi connectivity index (χ0) is 13.5. The van der Waals surface area contributed by atoms with Gasteiger partial charge in [0.15, 0.2) is 0 Å². The van der Waals surface area contributed by atoms with Gasteiger partial charge in [-0.15, -0.1) is 0 Å². The summed E-state index contributed by atoms with van der Waals surface area (Å²) >= 11 is 0. The highest BCUT2D eigenvalue weighted by atomic mass is 15.2. The van der Waals surface area contributed by atoms with E-state index in [9.17, 15) is 0 Å². The first-order chi connectivity index (χ1) is 8.62. The molecule has 0 radical (unpaired) electrons. The molecule has 1 heterocycles. The van der Waals surface area contributed by atoms with Crippen LogP contribution in [0, 0.1) is 0 Å². The molecule has 0 saturated heterocycles. The molecule has 0 unspecified atom stereocenters. The largest absolute Gasteiger partial charge is 0.373 e. The zero-order valence-electron chi connectivity index (χ0n) is 12.3. The highest BCUT2D eigenvalue weighted by Gasteiger charge is 2.11. The van der Waals surface area contributed by atoms with Crippen molar-refractivity contribution in [3.05, 3.63) is 11.9 Å². The van der Waals surface area contributed by atoms with Crippen molar-refractivity contribution in [2.45, 2.75) is 46.5 Å². The SMILES string of the molecule is CCCCN(CC)c1cc(NC)nc(C(C)C)n1. The van der Waals surface area contributed by atoms with Gasteiger partial charge in [-0.1, -0.05) is 27.2 Å². The molecule has 18 heavy (non-hydrogen) atoms. The second-order valence-corrected chi connectivity index (χ2v) is 4.81. The first-order valence-corrected chi connectivity index (χ1v) is 6.94. The number of anilines is 2. The molecular weight excluding hydrogens is 224 g/mol. The molecule has 0 aliphatic carbocycles. The lowest BCUT2D eigenvalue weighted by atomic mass is 10.2. The van der Waals surface area contributed by atoms with Crippen LogP contribution in [0.5, 0.6) is 0 Å². The number of nitrogens with zero attached hydrogens (tertiary/aromatic N) is 3. The predicted molar refractivity (Wildman–Crippen MR) is 78.5 cm³/mol. The van der Waals surface area contributed by atoms with Crippen LogP contribution in [0.15, 0.2) is 6.07 Å². The number of hydrogen-bond donors (Lipinski definition) is 1. The molecule has 0 atom stereocenters. The lowest BCUT2D eigenvalue weighted by Gasteiger charge is -2.23. The van der Waals surface area contributed by atoms with Gasteiger partial charge < -0.3 is 10.2 Å². The summed E-state index contributed by atoms with van der Waals surface area (Å²) in [5.41, 5.74) is 0. The molecule has 0 bridgehead atoms. The number of unbranched alkanes of at least 4 members (excludes halogenated alkanes) is 1. The molecule has 1 N–H and O–H groups in total.